The number of carbonyl (C=O) groups excluding carboxylic acids is 2. The van der Waals surface area contributed by atoms with Crippen molar-refractivity contribution in [3.05, 3.63) is 58.9 Å². The Morgan fingerprint density at radius 3 is 2.03 bits per heavy atom. The van der Waals surface area contributed by atoms with E-state index >= 15 is 0 Å². The van der Waals surface area contributed by atoms with Gasteiger partial charge in [-0.1, -0.05) is 121 Å². The topological polar surface area (TPSA) is 84.0 Å². The standard InChI is InChI=1S/C31H47N3O3/c1-2-3-4-5-6-7-8-9-10-11-12-13-14-15-16-18-21-27(24-25-35)31(37)32-29-26-30(36)34(33-29)28-22-19-17-20-23-28/h17-23,25-27,33H,2-16,24H2,1H3,(H,32,37). The van der Waals surface area contributed by atoms with Crippen molar-refractivity contribution in [3.8, 4) is 5.69 Å². The molecule has 1 aromatic heterocycles. The lowest BCUT2D eigenvalue weighted by Gasteiger charge is -2.09. The van der Waals surface area contributed by atoms with Crippen LogP contribution in [0.2, 0.25) is 0 Å². The van der Waals surface area contributed by atoms with Gasteiger partial charge in [0.25, 0.3) is 5.56 Å². The molecule has 2 N–H and O–H groups in total. The monoisotopic (exact) mass is 509 g/mol. The molecule has 0 aliphatic heterocycles. The molecular formula is C31H47N3O3. The number of anilines is 1. The number of aromatic nitrogens is 2. The van der Waals surface area contributed by atoms with E-state index in [2.05, 4.69) is 17.3 Å². The summed E-state index contributed by atoms with van der Waals surface area (Å²) in [7, 11) is 0. The van der Waals surface area contributed by atoms with E-state index in [1.807, 2.05) is 30.4 Å². The maximum absolute atomic E-state index is 12.7. The highest BCUT2D eigenvalue weighted by Gasteiger charge is 2.16. The first-order chi connectivity index (χ1) is 18.2. The molecule has 1 heterocycles. The Kier molecular flexibility index (Phi) is 15.8. The molecule has 204 valence electrons. The molecule has 37 heavy (non-hydrogen) atoms. The highest BCUT2D eigenvalue weighted by Crippen LogP contribution is 2.15. The maximum Gasteiger partial charge on any atom is 0.273 e. The van der Waals surface area contributed by atoms with Crippen LogP contribution in [-0.4, -0.2) is 22.0 Å². The number of benzene rings is 1. The van der Waals surface area contributed by atoms with Crippen molar-refractivity contribution in [2.45, 2.75) is 110 Å². The molecule has 2 rings (SSSR count). The number of aromatic amines is 1. The van der Waals surface area contributed by atoms with Gasteiger partial charge in [-0.25, -0.2) is 4.68 Å². The molecule has 0 saturated heterocycles. The summed E-state index contributed by atoms with van der Waals surface area (Å²) in [5.41, 5.74) is 0.423. The number of H-pyrrole nitrogens is 1. The summed E-state index contributed by atoms with van der Waals surface area (Å²) in [5, 5.41) is 5.65. The summed E-state index contributed by atoms with van der Waals surface area (Å²) in [6.07, 6.45) is 24.3. The Bertz CT molecular complexity index is 962. The summed E-state index contributed by atoms with van der Waals surface area (Å²) in [6.45, 7) is 2.27. The van der Waals surface area contributed by atoms with Crippen molar-refractivity contribution in [1.82, 2.24) is 9.78 Å². The van der Waals surface area contributed by atoms with E-state index in [1.54, 1.807) is 12.1 Å². The third-order valence-corrected chi connectivity index (χ3v) is 6.77. The lowest BCUT2D eigenvalue weighted by molar-refractivity contribution is -0.120. The Hall–Kier alpha value is -2.89. The molecule has 6 nitrogen and oxygen atoms in total. The number of nitrogens with zero attached hydrogens (tertiary/aromatic N) is 1. The van der Waals surface area contributed by atoms with Crippen LogP contribution in [0.25, 0.3) is 5.69 Å². The highest BCUT2D eigenvalue weighted by molar-refractivity contribution is 5.94. The minimum absolute atomic E-state index is 0.116. The first-order valence-corrected chi connectivity index (χ1v) is 14.4. The number of carbonyl (C=O) groups is 2. The summed E-state index contributed by atoms with van der Waals surface area (Å²) in [4.78, 5) is 36.1. The number of unbranched alkanes of at least 4 members (excludes halogenated alkanes) is 14. The fraction of sp³-hybridized carbons (Fsp3) is 0.581. The lowest BCUT2D eigenvalue weighted by atomic mass is 10.0. The Morgan fingerprint density at radius 1 is 0.892 bits per heavy atom. The van der Waals surface area contributed by atoms with Crippen LogP contribution < -0.4 is 10.9 Å². The van der Waals surface area contributed by atoms with E-state index in [1.165, 1.54) is 94.2 Å². The van der Waals surface area contributed by atoms with Crippen molar-refractivity contribution < 1.29 is 9.59 Å². The summed E-state index contributed by atoms with van der Waals surface area (Å²) in [5.74, 6) is -0.534. The quantitative estimate of drug-likeness (QED) is 0.103. The zero-order chi connectivity index (χ0) is 26.6. The largest absolute Gasteiger partial charge is 0.310 e. The van der Waals surface area contributed by atoms with E-state index in [0.717, 1.165) is 19.1 Å². The molecule has 0 aliphatic rings. The summed E-state index contributed by atoms with van der Waals surface area (Å²) < 4.78 is 1.37. The van der Waals surface area contributed by atoms with E-state index in [9.17, 15) is 14.4 Å². The van der Waals surface area contributed by atoms with Gasteiger partial charge in [0.15, 0.2) is 0 Å². The second-order valence-electron chi connectivity index (χ2n) is 9.99. The van der Waals surface area contributed by atoms with Crippen LogP contribution in [0.5, 0.6) is 0 Å². The summed E-state index contributed by atoms with van der Waals surface area (Å²) in [6, 6.07) is 10.5. The van der Waals surface area contributed by atoms with Crippen LogP contribution in [0.1, 0.15) is 110 Å². The van der Waals surface area contributed by atoms with E-state index in [4.69, 9.17) is 0 Å². The molecule has 1 atom stereocenters. The number of rotatable bonds is 21. The second kappa shape index (κ2) is 19.3. The molecule has 0 fully saturated rings. The Balaban J connectivity index is 1.59. The normalized spacial score (nSPS) is 12.1. The van der Waals surface area contributed by atoms with Crippen LogP contribution in [0.4, 0.5) is 5.82 Å². The van der Waals surface area contributed by atoms with Gasteiger partial charge in [-0.3, -0.25) is 14.7 Å². The van der Waals surface area contributed by atoms with Crippen LogP contribution in [0, 0.1) is 5.92 Å². The van der Waals surface area contributed by atoms with Crippen molar-refractivity contribution in [1.29, 1.82) is 0 Å². The molecule has 6 heteroatoms. The third-order valence-electron chi connectivity index (χ3n) is 6.77. The average Bonchev–Trinajstić information content (AvgIpc) is 3.27. The predicted molar refractivity (Wildman–Crippen MR) is 153 cm³/mol. The van der Waals surface area contributed by atoms with E-state index in [-0.39, 0.29) is 17.9 Å². The van der Waals surface area contributed by atoms with E-state index < -0.39 is 5.92 Å². The Labute approximate surface area is 222 Å². The fourth-order valence-electron chi connectivity index (χ4n) is 4.55. The molecule has 0 saturated carbocycles. The SMILES string of the molecule is CCCCCCCCCCCCCCCCC=CC(CC=O)C(=O)Nc1cc(=O)n(-c2ccccc2)[nH]1. The molecule has 0 bridgehead atoms. The van der Waals surface area contributed by atoms with Gasteiger partial charge in [-0.15, -0.1) is 0 Å². The van der Waals surface area contributed by atoms with E-state index in [0.29, 0.717) is 11.5 Å². The number of para-hydroxylation sites is 1. The van der Waals surface area contributed by atoms with Crippen LogP contribution in [-0.2, 0) is 9.59 Å². The van der Waals surface area contributed by atoms with Crippen molar-refractivity contribution in [2.24, 2.45) is 5.92 Å². The number of allylic oxidation sites excluding steroid dienone is 1. The minimum atomic E-state index is -0.548. The molecule has 1 aromatic carbocycles. The van der Waals surface area contributed by atoms with Gasteiger partial charge in [-0.05, 0) is 25.0 Å². The lowest BCUT2D eigenvalue weighted by Crippen LogP contribution is -2.22. The second-order valence-corrected chi connectivity index (χ2v) is 9.99. The van der Waals surface area contributed by atoms with Gasteiger partial charge < -0.3 is 10.1 Å². The van der Waals surface area contributed by atoms with Crippen LogP contribution in [0.3, 0.4) is 0 Å². The van der Waals surface area contributed by atoms with Gasteiger partial charge in [0.1, 0.15) is 12.1 Å². The van der Waals surface area contributed by atoms with Crippen molar-refractivity contribution in [2.75, 3.05) is 5.32 Å². The predicted octanol–water partition coefficient (Wildman–Crippen LogP) is 7.74. The minimum Gasteiger partial charge on any atom is -0.310 e. The van der Waals surface area contributed by atoms with Gasteiger partial charge in [0, 0.05) is 12.5 Å². The van der Waals surface area contributed by atoms with Gasteiger partial charge in [0.05, 0.1) is 11.6 Å². The first kappa shape index (κ1) is 30.3. The number of hydrogen-bond acceptors (Lipinski definition) is 3. The number of hydrogen-bond donors (Lipinski definition) is 2. The first-order valence-electron chi connectivity index (χ1n) is 14.4. The van der Waals surface area contributed by atoms with Crippen LogP contribution in [0.15, 0.2) is 53.3 Å². The van der Waals surface area contributed by atoms with Gasteiger partial charge >= 0.3 is 0 Å². The number of aldehydes is 1. The highest BCUT2D eigenvalue weighted by atomic mass is 16.2. The maximum atomic E-state index is 12.7. The number of nitrogens with one attached hydrogen (secondary N) is 2. The van der Waals surface area contributed by atoms with Crippen molar-refractivity contribution in [3.63, 3.8) is 0 Å². The van der Waals surface area contributed by atoms with Crippen LogP contribution >= 0.6 is 0 Å². The average molecular weight is 510 g/mol. The smallest absolute Gasteiger partial charge is 0.273 e. The molecule has 2 aromatic rings. The summed E-state index contributed by atoms with van der Waals surface area (Å²) >= 11 is 0. The fourth-order valence-corrected chi connectivity index (χ4v) is 4.55. The molecular weight excluding hydrogens is 462 g/mol. The molecule has 0 spiro atoms. The molecule has 1 amide bonds. The molecule has 1 unspecified atom stereocenters. The third kappa shape index (κ3) is 12.8. The van der Waals surface area contributed by atoms with Crippen molar-refractivity contribution >= 4 is 18.0 Å². The van der Waals surface area contributed by atoms with Gasteiger partial charge in [0.2, 0.25) is 5.91 Å². The number of amides is 1. The zero-order valence-corrected chi connectivity index (χ0v) is 22.8. The molecule has 0 radical (unpaired) electrons. The Morgan fingerprint density at radius 2 is 1.46 bits per heavy atom. The molecule has 0 aliphatic carbocycles. The zero-order valence-electron chi connectivity index (χ0n) is 22.8. The van der Waals surface area contributed by atoms with Gasteiger partial charge in [-0.2, -0.15) is 0 Å².